The number of carbonyl (C=O) groups is 2. The van der Waals surface area contributed by atoms with Crippen LogP contribution >= 0.6 is 33.9 Å². The average molecular weight is 469 g/mol. The van der Waals surface area contributed by atoms with Crippen LogP contribution in [0.5, 0.6) is 0 Å². The van der Waals surface area contributed by atoms with Gasteiger partial charge in [0.15, 0.2) is 0 Å². The summed E-state index contributed by atoms with van der Waals surface area (Å²) in [5, 5.41) is 5.13. The van der Waals surface area contributed by atoms with Crippen LogP contribution in [0.15, 0.2) is 35.7 Å². The predicted octanol–water partition coefficient (Wildman–Crippen LogP) is 3.06. The number of amides is 2. The molecule has 1 aliphatic heterocycles. The van der Waals surface area contributed by atoms with Gasteiger partial charge in [-0.3, -0.25) is 9.59 Å². The number of hydrogen-bond donors (Lipinski definition) is 1. The van der Waals surface area contributed by atoms with Crippen LogP contribution in [0.1, 0.15) is 15.2 Å². The summed E-state index contributed by atoms with van der Waals surface area (Å²) in [5.41, 5.74) is 2.12. The van der Waals surface area contributed by atoms with Crippen LogP contribution in [0.4, 0.5) is 5.69 Å². The van der Waals surface area contributed by atoms with Gasteiger partial charge in [-0.2, -0.15) is 0 Å². The van der Waals surface area contributed by atoms with Gasteiger partial charge < -0.3 is 15.1 Å². The zero-order valence-corrected chi connectivity index (χ0v) is 17.0. The highest BCUT2D eigenvalue weighted by Gasteiger charge is 2.25. The smallest absolute Gasteiger partial charge is 0.264 e. The molecule has 0 bridgehead atoms. The second-order valence-corrected chi connectivity index (χ2v) is 8.16. The van der Waals surface area contributed by atoms with E-state index in [0.717, 1.165) is 16.1 Å². The normalized spacial score (nSPS) is 14.5. The van der Waals surface area contributed by atoms with Crippen LogP contribution in [0, 0.1) is 10.5 Å². The summed E-state index contributed by atoms with van der Waals surface area (Å²) in [7, 11) is 0. The van der Waals surface area contributed by atoms with E-state index in [2.05, 4.69) is 34.0 Å². The first kappa shape index (κ1) is 18.2. The Labute approximate surface area is 165 Å². The van der Waals surface area contributed by atoms with E-state index in [1.807, 2.05) is 46.4 Å². The molecular weight excluding hydrogens is 449 g/mol. The number of aryl methyl sites for hydroxylation is 1. The maximum atomic E-state index is 12.4. The van der Waals surface area contributed by atoms with E-state index in [4.69, 9.17) is 0 Å². The van der Waals surface area contributed by atoms with E-state index in [1.165, 1.54) is 14.9 Å². The average Bonchev–Trinajstić information content (AvgIpc) is 3.15. The fraction of sp³-hybridized carbons (Fsp3) is 0.333. The molecule has 7 heteroatoms. The van der Waals surface area contributed by atoms with Gasteiger partial charge in [0.1, 0.15) is 0 Å². The Balaban J connectivity index is 1.49. The topological polar surface area (TPSA) is 52.7 Å². The standard InChI is InChI=1S/C18H20IN3O2S/c1-13-11-14(19)4-5-15(13)20-12-17(23)21-6-8-22(9-7-21)18(24)16-3-2-10-25-16/h2-5,10-11,20H,6-9,12H2,1H3. The third-order valence-corrected chi connectivity index (χ3v) is 5.80. The summed E-state index contributed by atoms with van der Waals surface area (Å²) in [6, 6.07) is 9.84. The number of nitrogens with zero attached hydrogens (tertiary/aromatic N) is 2. The van der Waals surface area contributed by atoms with Gasteiger partial charge in [-0.1, -0.05) is 6.07 Å². The Morgan fingerprint density at radius 2 is 1.88 bits per heavy atom. The highest BCUT2D eigenvalue weighted by Crippen LogP contribution is 2.18. The molecule has 3 rings (SSSR count). The Hall–Kier alpha value is -1.61. The maximum Gasteiger partial charge on any atom is 0.264 e. The molecule has 2 amide bonds. The number of nitrogens with one attached hydrogen (secondary N) is 1. The van der Waals surface area contributed by atoms with Gasteiger partial charge in [0.05, 0.1) is 11.4 Å². The molecule has 0 aliphatic carbocycles. The zero-order chi connectivity index (χ0) is 17.8. The van der Waals surface area contributed by atoms with E-state index >= 15 is 0 Å². The van der Waals surface area contributed by atoms with Crippen molar-refractivity contribution in [1.29, 1.82) is 0 Å². The van der Waals surface area contributed by atoms with Crippen molar-refractivity contribution in [3.63, 3.8) is 0 Å². The van der Waals surface area contributed by atoms with Crippen molar-refractivity contribution in [3.8, 4) is 0 Å². The van der Waals surface area contributed by atoms with Crippen LogP contribution in [0.3, 0.4) is 0 Å². The Bertz CT molecular complexity index is 756. The molecule has 1 aromatic carbocycles. The largest absolute Gasteiger partial charge is 0.376 e. The molecule has 0 atom stereocenters. The first-order valence-corrected chi connectivity index (χ1v) is 10.1. The lowest BCUT2D eigenvalue weighted by Gasteiger charge is -2.34. The number of hydrogen-bond acceptors (Lipinski definition) is 4. The van der Waals surface area contributed by atoms with E-state index in [9.17, 15) is 9.59 Å². The molecule has 0 saturated carbocycles. The van der Waals surface area contributed by atoms with E-state index in [1.54, 1.807) is 0 Å². The molecule has 2 aromatic rings. The minimum atomic E-state index is 0.0646. The van der Waals surface area contributed by atoms with Gasteiger partial charge in [-0.25, -0.2) is 0 Å². The Morgan fingerprint density at radius 1 is 1.16 bits per heavy atom. The summed E-state index contributed by atoms with van der Waals surface area (Å²) >= 11 is 3.73. The molecule has 1 aliphatic rings. The van der Waals surface area contributed by atoms with Crippen LogP contribution in [0.2, 0.25) is 0 Å². The number of piperazine rings is 1. The fourth-order valence-electron chi connectivity index (χ4n) is 2.82. The number of halogens is 1. The SMILES string of the molecule is Cc1cc(I)ccc1NCC(=O)N1CCN(C(=O)c2cccs2)CC1. The number of thiophene rings is 1. The lowest BCUT2D eigenvalue weighted by molar-refractivity contribution is -0.130. The van der Waals surface area contributed by atoms with Crippen molar-refractivity contribution in [3.05, 3.63) is 49.7 Å². The predicted molar refractivity (Wildman–Crippen MR) is 109 cm³/mol. The first-order chi connectivity index (χ1) is 12.0. The van der Waals surface area contributed by atoms with Crippen LogP contribution < -0.4 is 5.32 Å². The lowest BCUT2D eigenvalue weighted by Crippen LogP contribution is -2.51. The molecule has 5 nitrogen and oxygen atoms in total. The molecular formula is C18H20IN3O2S. The van der Waals surface area contributed by atoms with Crippen molar-refractivity contribution in [1.82, 2.24) is 9.80 Å². The van der Waals surface area contributed by atoms with Gasteiger partial charge >= 0.3 is 0 Å². The Morgan fingerprint density at radius 3 is 2.52 bits per heavy atom. The lowest BCUT2D eigenvalue weighted by atomic mass is 10.2. The minimum absolute atomic E-state index is 0.0646. The second-order valence-electron chi connectivity index (χ2n) is 5.96. The molecule has 1 aromatic heterocycles. The third kappa shape index (κ3) is 4.52. The fourth-order valence-corrected chi connectivity index (χ4v) is 4.16. The Kier molecular flexibility index (Phi) is 5.95. The van der Waals surface area contributed by atoms with E-state index < -0.39 is 0 Å². The highest BCUT2D eigenvalue weighted by atomic mass is 127. The summed E-state index contributed by atoms with van der Waals surface area (Å²) in [5.74, 6) is 0.135. The monoisotopic (exact) mass is 469 g/mol. The number of carbonyl (C=O) groups excluding carboxylic acids is 2. The van der Waals surface area contributed by atoms with E-state index in [0.29, 0.717) is 26.2 Å². The van der Waals surface area contributed by atoms with Crippen LogP contribution in [-0.4, -0.2) is 54.3 Å². The quantitative estimate of drug-likeness (QED) is 0.701. The molecule has 25 heavy (non-hydrogen) atoms. The highest BCUT2D eigenvalue weighted by molar-refractivity contribution is 14.1. The molecule has 0 spiro atoms. The van der Waals surface area contributed by atoms with E-state index in [-0.39, 0.29) is 18.4 Å². The van der Waals surface area contributed by atoms with Gasteiger partial charge in [0, 0.05) is 35.4 Å². The molecule has 1 saturated heterocycles. The molecule has 1 N–H and O–H groups in total. The van der Waals surface area contributed by atoms with Gasteiger partial charge in [-0.05, 0) is 64.7 Å². The number of anilines is 1. The van der Waals surface area contributed by atoms with Crippen molar-refractivity contribution < 1.29 is 9.59 Å². The third-order valence-electron chi connectivity index (χ3n) is 4.27. The van der Waals surface area contributed by atoms with Gasteiger partial charge in [-0.15, -0.1) is 11.3 Å². The van der Waals surface area contributed by atoms with Crippen molar-refractivity contribution in [2.45, 2.75) is 6.92 Å². The van der Waals surface area contributed by atoms with Gasteiger partial charge in [0.25, 0.3) is 5.91 Å². The first-order valence-electron chi connectivity index (χ1n) is 8.15. The minimum Gasteiger partial charge on any atom is -0.376 e. The van der Waals surface area contributed by atoms with Crippen molar-refractivity contribution in [2.24, 2.45) is 0 Å². The molecule has 1 fully saturated rings. The van der Waals surface area contributed by atoms with Crippen molar-refractivity contribution in [2.75, 3.05) is 38.0 Å². The maximum absolute atomic E-state index is 12.4. The molecule has 0 unspecified atom stereocenters. The second kappa shape index (κ2) is 8.18. The molecule has 0 radical (unpaired) electrons. The van der Waals surface area contributed by atoms with Crippen LogP contribution in [0.25, 0.3) is 0 Å². The molecule has 2 heterocycles. The number of benzene rings is 1. The van der Waals surface area contributed by atoms with Crippen LogP contribution in [-0.2, 0) is 4.79 Å². The van der Waals surface area contributed by atoms with Crippen molar-refractivity contribution >= 4 is 51.4 Å². The summed E-state index contributed by atoms with van der Waals surface area (Å²) < 4.78 is 1.18. The summed E-state index contributed by atoms with van der Waals surface area (Å²) in [6.45, 7) is 4.66. The zero-order valence-electron chi connectivity index (χ0n) is 14.0. The van der Waals surface area contributed by atoms with Gasteiger partial charge in [0.2, 0.25) is 5.91 Å². The number of rotatable bonds is 4. The molecule has 132 valence electrons. The summed E-state index contributed by atoms with van der Waals surface area (Å²) in [4.78, 5) is 29.2. The summed E-state index contributed by atoms with van der Waals surface area (Å²) in [6.07, 6.45) is 0.